The molecule has 0 aromatic heterocycles. The highest BCUT2D eigenvalue weighted by Gasteiger charge is 2.42. The zero-order valence-corrected chi connectivity index (χ0v) is 19.1. The zero-order chi connectivity index (χ0) is 18.1. The van der Waals surface area contributed by atoms with E-state index in [0.717, 1.165) is 11.5 Å². The van der Waals surface area contributed by atoms with Gasteiger partial charge in [0.15, 0.2) is 0 Å². The van der Waals surface area contributed by atoms with E-state index in [2.05, 4.69) is 98.8 Å². The predicted octanol–water partition coefficient (Wildman–Crippen LogP) is 6.71. The molecule has 2 heteroatoms. The second kappa shape index (κ2) is 7.40. The Morgan fingerprint density at radius 1 is 0.870 bits per heavy atom. The lowest BCUT2D eigenvalue weighted by atomic mass is 10.1. The average Bonchev–Trinajstić information content (AvgIpc) is 2.36. The molecule has 23 heavy (non-hydrogen) atoms. The minimum absolute atomic E-state index is 0.0345. The van der Waals surface area contributed by atoms with Crippen LogP contribution < -0.4 is 5.19 Å². The van der Waals surface area contributed by atoms with Crippen molar-refractivity contribution in [1.82, 2.24) is 0 Å². The molecule has 0 aliphatic rings. The van der Waals surface area contributed by atoms with Gasteiger partial charge >= 0.3 is 0 Å². The normalized spacial score (nSPS) is 15.3. The third-order valence-corrected chi connectivity index (χ3v) is 14.1. The van der Waals surface area contributed by atoms with Crippen molar-refractivity contribution in [3.05, 3.63) is 30.3 Å². The van der Waals surface area contributed by atoms with Crippen molar-refractivity contribution < 1.29 is 0 Å². The van der Waals surface area contributed by atoms with Crippen LogP contribution in [0.4, 0.5) is 0 Å². The molecule has 0 saturated heterocycles. The maximum Gasteiger partial charge on any atom is 0.0842 e. The summed E-state index contributed by atoms with van der Waals surface area (Å²) < 4.78 is 0. The number of hydrogen-bond donors (Lipinski definition) is 0. The zero-order valence-electron chi connectivity index (χ0n) is 17.2. The quantitative estimate of drug-likeness (QED) is 0.409. The molecule has 0 spiro atoms. The summed E-state index contributed by atoms with van der Waals surface area (Å²) in [5.41, 5.74) is 0.842. The largest absolute Gasteiger partial charge is 0.0956 e. The molecule has 1 atom stereocenters. The van der Waals surface area contributed by atoms with Crippen molar-refractivity contribution in [3.8, 4) is 0 Å². The fourth-order valence-electron chi connectivity index (χ4n) is 4.10. The van der Waals surface area contributed by atoms with Crippen LogP contribution in [0.5, 0.6) is 0 Å². The van der Waals surface area contributed by atoms with Crippen molar-refractivity contribution in [2.75, 3.05) is 6.16 Å². The van der Waals surface area contributed by atoms with Crippen molar-refractivity contribution in [3.63, 3.8) is 0 Å². The Kier molecular flexibility index (Phi) is 6.73. The minimum Gasteiger partial charge on any atom is -0.0956 e. The van der Waals surface area contributed by atoms with Gasteiger partial charge in [0.25, 0.3) is 0 Å². The topological polar surface area (TPSA) is 0 Å². The summed E-state index contributed by atoms with van der Waals surface area (Å²) in [5.74, 6) is 0.756. The Bertz CT molecular complexity index is 463. The standard InChI is InChI=1S/C21H39PSi/c1-17(2)19(16-22(20(3,4)5)21(6,7)8)23(9,10)18-14-12-11-13-15-18/h11-15,17,19H,16H2,1-10H3. The predicted molar refractivity (Wildman–Crippen MR) is 113 cm³/mol. The molecule has 0 bridgehead atoms. The molecule has 132 valence electrons. The van der Waals surface area contributed by atoms with Gasteiger partial charge in [-0.2, -0.15) is 0 Å². The van der Waals surface area contributed by atoms with Crippen molar-refractivity contribution >= 4 is 21.2 Å². The van der Waals surface area contributed by atoms with E-state index in [1.54, 1.807) is 5.19 Å². The van der Waals surface area contributed by atoms with Crippen LogP contribution in [0, 0.1) is 5.92 Å². The molecule has 0 fully saturated rings. The molecule has 0 radical (unpaired) electrons. The molecule has 0 amide bonds. The molecule has 1 rings (SSSR count). The molecule has 1 aromatic carbocycles. The third kappa shape index (κ3) is 5.43. The summed E-state index contributed by atoms with van der Waals surface area (Å²) in [6.45, 7) is 24.8. The van der Waals surface area contributed by atoms with Gasteiger partial charge < -0.3 is 0 Å². The highest BCUT2D eigenvalue weighted by atomic mass is 31.1. The first-order chi connectivity index (χ1) is 10.3. The maximum atomic E-state index is 2.59. The van der Waals surface area contributed by atoms with Gasteiger partial charge in [-0.05, 0) is 27.9 Å². The van der Waals surface area contributed by atoms with Crippen LogP contribution in [0.2, 0.25) is 18.6 Å². The van der Waals surface area contributed by atoms with Gasteiger partial charge in [-0.3, -0.25) is 0 Å². The Balaban J connectivity index is 3.21. The van der Waals surface area contributed by atoms with E-state index in [4.69, 9.17) is 0 Å². The first kappa shape index (κ1) is 20.9. The number of benzene rings is 1. The Morgan fingerprint density at radius 3 is 1.65 bits per heavy atom. The van der Waals surface area contributed by atoms with Crippen LogP contribution >= 0.6 is 7.92 Å². The van der Waals surface area contributed by atoms with Gasteiger partial charge in [-0.1, -0.05) is 112 Å². The fourth-order valence-corrected chi connectivity index (χ4v) is 13.5. The minimum atomic E-state index is -1.48. The SMILES string of the molecule is CC(C)C(CP(C(C)(C)C)C(C)(C)C)[Si](C)(C)c1ccccc1. The highest BCUT2D eigenvalue weighted by Crippen LogP contribution is 2.62. The van der Waals surface area contributed by atoms with Gasteiger partial charge in [0.05, 0.1) is 8.07 Å². The first-order valence-corrected chi connectivity index (χ1v) is 13.7. The second-order valence-electron chi connectivity index (χ2n) is 9.89. The number of rotatable bonds is 5. The molecule has 0 saturated carbocycles. The molecule has 1 unspecified atom stereocenters. The summed E-state index contributed by atoms with van der Waals surface area (Å²) in [4.78, 5) is 0. The molecular weight excluding hydrogens is 311 g/mol. The fraction of sp³-hybridized carbons (Fsp3) is 0.714. The second-order valence-corrected chi connectivity index (χ2v) is 18.6. The van der Waals surface area contributed by atoms with Crippen LogP contribution in [-0.2, 0) is 0 Å². The van der Waals surface area contributed by atoms with Gasteiger partial charge in [-0.15, -0.1) is 0 Å². The molecule has 0 nitrogen and oxygen atoms in total. The van der Waals surface area contributed by atoms with Crippen molar-refractivity contribution in [2.24, 2.45) is 5.92 Å². The Labute approximate surface area is 148 Å². The van der Waals surface area contributed by atoms with Crippen LogP contribution in [0.1, 0.15) is 55.4 Å². The first-order valence-electron chi connectivity index (χ1n) is 9.11. The van der Waals surface area contributed by atoms with Crippen LogP contribution in [-0.4, -0.2) is 24.5 Å². The van der Waals surface area contributed by atoms with E-state index in [9.17, 15) is 0 Å². The van der Waals surface area contributed by atoms with Crippen LogP contribution in [0.3, 0.4) is 0 Å². The molecule has 1 aromatic rings. The monoisotopic (exact) mass is 350 g/mol. The van der Waals surface area contributed by atoms with E-state index in [0.29, 0.717) is 10.3 Å². The molecular formula is C21H39PSi. The summed E-state index contributed by atoms with van der Waals surface area (Å²) >= 11 is 0. The van der Waals surface area contributed by atoms with Crippen LogP contribution in [0.15, 0.2) is 30.3 Å². The average molecular weight is 351 g/mol. The lowest BCUT2D eigenvalue weighted by Crippen LogP contribution is -2.49. The van der Waals surface area contributed by atoms with Crippen LogP contribution in [0.25, 0.3) is 0 Å². The Hall–Kier alpha value is -0.133. The van der Waals surface area contributed by atoms with E-state index >= 15 is 0 Å². The van der Waals surface area contributed by atoms with E-state index in [1.807, 2.05) is 0 Å². The molecule has 0 heterocycles. The van der Waals surface area contributed by atoms with E-state index in [1.165, 1.54) is 6.16 Å². The summed E-state index contributed by atoms with van der Waals surface area (Å²) in [6.07, 6.45) is 1.41. The van der Waals surface area contributed by atoms with Gasteiger partial charge in [-0.25, -0.2) is 0 Å². The number of hydrogen-bond acceptors (Lipinski definition) is 0. The summed E-state index contributed by atoms with van der Waals surface area (Å²) in [5, 5.41) is 2.46. The third-order valence-electron chi connectivity index (χ3n) is 5.25. The van der Waals surface area contributed by atoms with Gasteiger partial charge in [0.1, 0.15) is 0 Å². The lowest BCUT2D eigenvalue weighted by molar-refractivity contribution is 0.600. The van der Waals surface area contributed by atoms with Crippen molar-refractivity contribution in [1.29, 1.82) is 0 Å². The summed E-state index contributed by atoms with van der Waals surface area (Å²) in [7, 11) is -1.51. The van der Waals surface area contributed by atoms with Gasteiger partial charge in [0.2, 0.25) is 0 Å². The Morgan fingerprint density at radius 2 is 1.30 bits per heavy atom. The summed E-state index contributed by atoms with van der Waals surface area (Å²) in [6, 6.07) is 11.3. The molecule has 0 aliphatic carbocycles. The highest BCUT2D eigenvalue weighted by molar-refractivity contribution is 7.61. The lowest BCUT2D eigenvalue weighted by Gasteiger charge is -2.47. The smallest absolute Gasteiger partial charge is 0.0842 e. The molecule has 0 N–H and O–H groups in total. The van der Waals surface area contributed by atoms with Gasteiger partial charge in [0, 0.05) is 0 Å². The maximum absolute atomic E-state index is 2.59. The van der Waals surface area contributed by atoms with E-state index < -0.39 is 8.07 Å². The molecule has 0 aliphatic heterocycles. The van der Waals surface area contributed by atoms with E-state index in [-0.39, 0.29) is 7.92 Å². The van der Waals surface area contributed by atoms with Crippen molar-refractivity contribution in [2.45, 2.75) is 84.3 Å².